The fourth-order valence-electron chi connectivity index (χ4n) is 2.39. The molecule has 0 atom stereocenters. The Morgan fingerprint density at radius 1 is 1.30 bits per heavy atom. The zero-order valence-electron chi connectivity index (χ0n) is 13.0. The van der Waals surface area contributed by atoms with Gasteiger partial charge in [-0.25, -0.2) is 9.97 Å². The molecule has 1 N–H and O–H groups in total. The van der Waals surface area contributed by atoms with Gasteiger partial charge in [-0.1, -0.05) is 36.9 Å². The van der Waals surface area contributed by atoms with Crippen LogP contribution < -0.4 is 5.32 Å². The van der Waals surface area contributed by atoms with Crippen LogP contribution in [-0.2, 0) is 11.2 Å². The summed E-state index contributed by atoms with van der Waals surface area (Å²) in [4.78, 5) is 21.8. The van der Waals surface area contributed by atoms with Gasteiger partial charge >= 0.3 is 0 Å². The van der Waals surface area contributed by atoms with Gasteiger partial charge in [-0.2, -0.15) is 0 Å². The van der Waals surface area contributed by atoms with Crippen LogP contribution in [0.4, 0.5) is 5.69 Å². The summed E-state index contributed by atoms with van der Waals surface area (Å²) in [7, 11) is 0. The molecule has 0 radical (unpaired) electrons. The van der Waals surface area contributed by atoms with Crippen LogP contribution in [0.2, 0.25) is 0 Å². The van der Waals surface area contributed by atoms with Crippen molar-refractivity contribution in [2.24, 2.45) is 0 Å². The molecule has 118 valence electrons. The number of carbonyl (C=O) groups is 1. The summed E-state index contributed by atoms with van der Waals surface area (Å²) in [5.41, 5.74) is 3.18. The SMILES string of the molecule is CCc1cccc(C)c1NC(=O)CSc1ncnc2sccc12. The number of para-hydroxylation sites is 1. The molecule has 0 aliphatic heterocycles. The van der Waals surface area contributed by atoms with Crippen LogP contribution in [0, 0.1) is 6.92 Å². The molecule has 4 nitrogen and oxygen atoms in total. The van der Waals surface area contributed by atoms with Crippen LogP contribution >= 0.6 is 23.1 Å². The lowest BCUT2D eigenvalue weighted by molar-refractivity contribution is -0.113. The summed E-state index contributed by atoms with van der Waals surface area (Å²) in [6.07, 6.45) is 2.45. The minimum atomic E-state index is -0.0130. The maximum absolute atomic E-state index is 12.3. The van der Waals surface area contributed by atoms with E-state index in [1.54, 1.807) is 17.7 Å². The number of aromatic nitrogens is 2. The molecule has 0 bridgehead atoms. The first kappa shape index (κ1) is 16.0. The molecule has 0 saturated carbocycles. The molecule has 2 heterocycles. The number of hydrogen-bond donors (Lipinski definition) is 1. The van der Waals surface area contributed by atoms with Crippen molar-refractivity contribution in [2.45, 2.75) is 25.3 Å². The van der Waals surface area contributed by atoms with Crippen molar-refractivity contribution in [2.75, 3.05) is 11.1 Å². The van der Waals surface area contributed by atoms with Gasteiger partial charge in [0.1, 0.15) is 16.2 Å². The molecule has 1 amide bonds. The zero-order valence-corrected chi connectivity index (χ0v) is 14.6. The van der Waals surface area contributed by atoms with E-state index in [1.165, 1.54) is 11.8 Å². The Morgan fingerprint density at radius 2 is 2.17 bits per heavy atom. The van der Waals surface area contributed by atoms with Gasteiger partial charge in [0, 0.05) is 11.1 Å². The summed E-state index contributed by atoms with van der Waals surface area (Å²) < 4.78 is 0. The topological polar surface area (TPSA) is 54.9 Å². The Bertz CT molecular complexity index is 845. The number of thiophene rings is 1. The number of fused-ring (bicyclic) bond motifs is 1. The van der Waals surface area contributed by atoms with E-state index < -0.39 is 0 Å². The fraction of sp³-hybridized carbons (Fsp3) is 0.235. The zero-order chi connectivity index (χ0) is 16.2. The third-order valence-electron chi connectivity index (χ3n) is 3.57. The molecule has 0 unspecified atom stereocenters. The van der Waals surface area contributed by atoms with Crippen LogP contribution in [0.3, 0.4) is 0 Å². The summed E-state index contributed by atoms with van der Waals surface area (Å²) in [6.45, 7) is 4.11. The van der Waals surface area contributed by atoms with Gasteiger partial charge in [-0.3, -0.25) is 4.79 Å². The predicted molar refractivity (Wildman–Crippen MR) is 97.3 cm³/mol. The number of hydrogen-bond acceptors (Lipinski definition) is 5. The van der Waals surface area contributed by atoms with Gasteiger partial charge in [0.15, 0.2) is 0 Å². The highest BCUT2D eigenvalue weighted by atomic mass is 32.2. The van der Waals surface area contributed by atoms with Crippen molar-refractivity contribution >= 4 is 44.9 Å². The van der Waals surface area contributed by atoms with E-state index >= 15 is 0 Å². The lowest BCUT2D eigenvalue weighted by Crippen LogP contribution is -2.16. The molecule has 23 heavy (non-hydrogen) atoms. The summed E-state index contributed by atoms with van der Waals surface area (Å²) >= 11 is 3.02. The van der Waals surface area contributed by atoms with Crippen LogP contribution in [0.1, 0.15) is 18.1 Å². The second-order valence-electron chi connectivity index (χ2n) is 5.12. The van der Waals surface area contributed by atoms with E-state index in [0.717, 1.165) is 38.5 Å². The number of benzene rings is 1. The van der Waals surface area contributed by atoms with Crippen LogP contribution in [0.15, 0.2) is 41.0 Å². The molecule has 2 aromatic heterocycles. The van der Waals surface area contributed by atoms with E-state index in [0.29, 0.717) is 5.75 Å². The summed E-state index contributed by atoms with van der Waals surface area (Å²) in [6, 6.07) is 8.08. The molecule has 3 rings (SSSR count). The van der Waals surface area contributed by atoms with E-state index in [9.17, 15) is 4.79 Å². The fourth-order valence-corrected chi connectivity index (χ4v) is 3.97. The molecule has 0 spiro atoms. The molecule has 1 aromatic carbocycles. The number of carbonyl (C=O) groups excluding carboxylic acids is 1. The van der Waals surface area contributed by atoms with E-state index in [1.807, 2.05) is 30.5 Å². The maximum atomic E-state index is 12.3. The van der Waals surface area contributed by atoms with Gasteiger partial charge in [0.2, 0.25) is 5.91 Å². The number of rotatable bonds is 5. The van der Waals surface area contributed by atoms with Crippen molar-refractivity contribution in [1.29, 1.82) is 0 Å². The van der Waals surface area contributed by atoms with E-state index in [2.05, 4.69) is 28.3 Å². The monoisotopic (exact) mass is 343 g/mol. The molecule has 0 aliphatic carbocycles. The minimum Gasteiger partial charge on any atom is -0.325 e. The van der Waals surface area contributed by atoms with Gasteiger partial charge < -0.3 is 5.32 Å². The van der Waals surface area contributed by atoms with Gasteiger partial charge in [-0.15, -0.1) is 11.3 Å². The molecule has 0 fully saturated rings. The van der Waals surface area contributed by atoms with Crippen molar-refractivity contribution in [1.82, 2.24) is 9.97 Å². The third-order valence-corrected chi connectivity index (χ3v) is 5.40. The minimum absolute atomic E-state index is 0.0130. The second-order valence-corrected chi connectivity index (χ2v) is 6.98. The first-order valence-electron chi connectivity index (χ1n) is 7.38. The van der Waals surface area contributed by atoms with Crippen molar-refractivity contribution < 1.29 is 4.79 Å². The third kappa shape index (κ3) is 3.54. The number of thioether (sulfide) groups is 1. The first-order chi connectivity index (χ1) is 11.2. The number of nitrogens with zero attached hydrogens (tertiary/aromatic N) is 2. The average molecular weight is 343 g/mol. The van der Waals surface area contributed by atoms with Gasteiger partial charge in [0.25, 0.3) is 0 Å². The summed E-state index contributed by atoms with van der Waals surface area (Å²) in [5.74, 6) is 0.320. The Hall–Kier alpha value is -1.92. The van der Waals surface area contributed by atoms with Gasteiger partial charge in [0.05, 0.1) is 5.75 Å². The number of aryl methyl sites for hydroxylation is 2. The number of anilines is 1. The Morgan fingerprint density at radius 3 is 3.00 bits per heavy atom. The number of nitrogens with one attached hydrogen (secondary N) is 1. The highest BCUT2D eigenvalue weighted by Gasteiger charge is 2.11. The molecular weight excluding hydrogens is 326 g/mol. The quantitative estimate of drug-likeness (QED) is 0.554. The van der Waals surface area contributed by atoms with Crippen molar-refractivity contribution in [3.8, 4) is 0 Å². The van der Waals surface area contributed by atoms with Gasteiger partial charge in [-0.05, 0) is 35.9 Å². The molecule has 0 aliphatic rings. The lowest BCUT2D eigenvalue weighted by Gasteiger charge is -2.12. The predicted octanol–water partition coefficient (Wildman–Crippen LogP) is 4.29. The Balaban J connectivity index is 1.70. The highest BCUT2D eigenvalue weighted by Crippen LogP contribution is 2.28. The highest BCUT2D eigenvalue weighted by molar-refractivity contribution is 8.00. The van der Waals surface area contributed by atoms with E-state index in [4.69, 9.17) is 0 Å². The Labute approximate surface area is 143 Å². The second kappa shape index (κ2) is 7.10. The van der Waals surface area contributed by atoms with Crippen LogP contribution in [0.5, 0.6) is 0 Å². The average Bonchev–Trinajstić information content (AvgIpc) is 3.04. The van der Waals surface area contributed by atoms with Crippen LogP contribution in [0.25, 0.3) is 10.2 Å². The maximum Gasteiger partial charge on any atom is 0.234 e. The first-order valence-corrected chi connectivity index (χ1v) is 9.25. The van der Waals surface area contributed by atoms with Crippen molar-refractivity contribution in [3.63, 3.8) is 0 Å². The standard InChI is InChI=1S/C17H17N3OS2/c1-3-12-6-4-5-11(2)15(12)20-14(21)9-23-17-13-7-8-22-16(13)18-10-19-17/h4-8,10H,3,9H2,1-2H3,(H,20,21). The smallest absolute Gasteiger partial charge is 0.234 e. The molecule has 0 saturated heterocycles. The lowest BCUT2D eigenvalue weighted by atomic mass is 10.1. The molecule has 3 aromatic rings. The van der Waals surface area contributed by atoms with E-state index in [-0.39, 0.29) is 5.91 Å². The van der Waals surface area contributed by atoms with Crippen molar-refractivity contribution in [3.05, 3.63) is 47.1 Å². The largest absolute Gasteiger partial charge is 0.325 e. The summed E-state index contributed by atoms with van der Waals surface area (Å²) in [5, 5.41) is 6.90. The number of amides is 1. The normalized spacial score (nSPS) is 10.9. The van der Waals surface area contributed by atoms with Crippen LogP contribution in [-0.4, -0.2) is 21.6 Å². The Kier molecular flexibility index (Phi) is 4.93. The molecule has 6 heteroatoms. The molecular formula is C17H17N3OS2.